The minimum atomic E-state index is -0.787. The molecule has 0 spiro atoms. The molecule has 2 aromatic heterocycles. The van der Waals surface area contributed by atoms with Crippen LogP contribution in [0.1, 0.15) is 10.5 Å². The summed E-state index contributed by atoms with van der Waals surface area (Å²) < 4.78 is 4.45. The maximum Gasteiger partial charge on any atom is 0.361 e. The third-order valence-electron chi connectivity index (χ3n) is 2.12. The molecule has 0 unspecified atom stereocenters. The molecule has 16 heavy (non-hydrogen) atoms. The third-order valence-corrected chi connectivity index (χ3v) is 2.12. The van der Waals surface area contributed by atoms with Gasteiger partial charge in [-0.25, -0.2) is 9.78 Å². The Balaban J connectivity index is 2.78. The van der Waals surface area contributed by atoms with E-state index < -0.39 is 10.9 Å². The average molecular weight is 221 g/mol. The van der Waals surface area contributed by atoms with E-state index in [-0.39, 0.29) is 22.4 Å². The van der Waals surface area contributed by atoms with E-state index in [9.17, 15) is 14.9 Å². The number of nitrogens with zero attached hydrogens (tertiary/aromatic N) is 2. The number of nitrogens with one attached hydrogen (secondary N) is 1. The van der Waals surface area contributed by atoms with Crippen molar-refractivity contribution in [3.8, 4) is 0 Å². The van der Waals surface area contributed by atoms with Crippen molar-refractivity contribution in [2.45, 2.75) is 0 Å². The Morgan fingerprint density at radius 1 is 1.62 bits per heavy atom. The van der Waals surface area contributed by atoms with E-state index in [0.29, 0.717) is 0 Å². The molecule has 82 valence electrons. The van der Waals surface area contributed by atoms with E-state index in [4.69, 9.17) is 0 Å². The summed E-state index contributed by atoms with van der Waals surface area (Å²) in [6.45, 7) is 0. The van der Waals surface area contributed by atoms with Crippen LogP contribution in [-0.4, -0.2) is 28.0 Å². The first-order valence-corrected chi connectivity index (χ1v) is 4.34. The number of carbonyl (C=O) groups is 1. The van der Waals surface area contributed by atoms with Gasteiger partial charge in [0.25, 0.3) is 0 Å². The largest absolute Gasteiger partial charge is 0.464 e. The van der Waals surface area contributed by atoms with Gasteiger partial charge < -0.3 is 9.72 Å². The first-order chi connectivity index (χ1) is 7.65. The lowest BCUT2D eigenvalue weighted by Gasteiger charge is -1.94. The van der Waals surface area contributed by atoms with Crippen LogP contribution in [-0.2, 0) is 4.74 Å². The molecule has 2 heterocycles. The van der Waals surface area contributed by atoms with Crippen molar-refractivity contribution in [3.63, 3.8) is 0 Å². The van der Waals surface area contributed by atoms with Gasteiger partial charge in [-0.15, -0.1) is 0 Å². The number of ether oxygens (including phenoxy) is 1. The average Bonchev–Trinajstić information content (AvgIpc) is 2.67. The summed E-state index contributed by atoms with van der Waals surface area (Å²) in [5, 5.41) is 11.2. The van der Waals surface area contributed by atoms with Crippen LogP contribution in [0.5, 0.6) is 0 Å². The highest BCUT2D eigenvalue weighted by Crippen LogP contribution is 2.28. The lowest BCUT2D eigenvalue weighted by Crippen LogP contribution is -2.04. The minimum absolute atomic E-state index is 0.193. The number of hydrogen-bond acceptors (Lipinski definition) is 5. The smallest absolute Gasteiger partial charge is 0.361 e. The fourth-order valence-corrected chi connectivity index (χ4v) is 1.45. The zero-order chi connectivity index (χ0) is 11.7. The summed E-state index contributed by atoms with van der Waals surface area (Å²) in [5.74, 6) is -0.787. The molecule has 0 atom stereocenters. The Kier molecular flexibility index (Phi) is 2.28. The fourth-order valence-electron chi connectivity index (χ4n) is 1.45. The fraction of sp³-hybridized carbons (Fsp3) is 0.111. The Morgan fingerprint density at radius 2 is 2.38 bits per heavy atom. The number of esters is 1. The molecule has 7 nitrogen and oxygen atoms in total. The monoisotopic (exact) mass is 221 g/mol. The molecule has 7 heteroatoms. The van der Waals surface area contributed by atoms with Gasteiger partial charge in [-0.3, -0.25) is 10.1 Å². The van der Waals surface area contributed by atoms with Crippen LogP contribution in [0, 0.1) is 10.1 Å². The Labute approximate surface area is 89.2 Å². The van der Waals surface area contributed by atoms with Gasteiger partial charge in [-0.1, -0.05) is 0 Å². The molecular formula is C9H7N3O4. The molecule has 0 amide bonds. The Morgan fingerprint density at radius 3 is 3.00 bits per heavy atom. The molecule has 0 saturated heterocycles. The van der Waals surface area contributed by atoms with Crippen molar-refractivity contribution in [2.24, 2.45) is 0 Å². The number of hydrogen-bond donors (Lipinski definition) is 1. The summed E-state index contributed by atoms with van der Waals surface area (Å²) in [7, 11) is 1.16. The molecule has 0 radical (unpaired) electrons. The van der Waals surface area contributed by atoms with Crippen molar-refractivity contribution in [3.05, 3.63) is 34.1 Å². The first-order valence-electron chi connectivity index (χ1n) is 4.34. The second-order valence-corrected chi connectivity index (χ2v) is 3.00. The molecule has 0 aliphatic carbocycles. The van der Waals surface area contributed by atoms with Gasteiger partial charge in [0.2, 0.25) is 5.69 Å². The molecule has 0 saturated carbocycles. The normalized spacial score (nSPS) is 10.3. The van der Waals surface area contributed by atoms with Crippen LogP contribution in [0.15, 0.2) is 18.3 Å². The summed E-state index contributed by atoms with van der Waals surface area (Å²) in [6, 6.07) is 3.08. The number of aromatic amines is 1. The number of fused-ring (bicyclic) bond motifs is 1. The Bertz CT molecular complexity index is 575. The lowest BCUT2D eigenvalue weighted by atomic mass is 10.2. The van der Waals surface area contributed by atoms with Crippen LogP contribution in [0.3, 0.4) is 0 Å². The van der Waals surface area contributed by atoms with E-state index in [0.717, 1.165) is 7.11 Å². The maximum absolute atomic E-state index is 11.3. The van der Waals surface area contributed by atoms with Crippen molar-refractivity contribution >= 4 is 22.7 Å². The standard InChI is InChI=1S/C9H7N3O4/c1-16-9(13)6-7(12(14)15)5-3-2-4-10-8(5)11-6/h2-4H,1H3,(H,10,11). The lowest BCUT2D eigenvalue weighted by molar-refractivity contribution is -0.383. The van der Waals surface area contributed by atoms with Gasteiger partial charge in [-0.2, -0.15) is 0 Å². The van der Waals surface area contributed by atoms with E-state index in [1.165, 1.54) is 12.3 Å². The van der Waals surface area contributed by atoms with Crippen LogP contribution in [0.2, 0.25) is 0 Å². The predicted octanol–water partition coefficient (Wildman–Crippen LogP) is 1.26. The SMILES string of the molecule is COC(=O)c1[nH]c2ncccc2c1[N+](=O)[O-]. The number of methoxy groups -OCH3 is 1. The van der Waals surface area contributed by atoms with Crippen molar-refractivity contribution in [1.29, 1.82) is 0 Å². The summed E-state index contributed by atoms with van der Waals surface area (Å²) in [5.41, 5.74) is -0.217. The molecule has 2 rings (SSSR count). The summed E-state index contributed by atoms with van der Waals surface area (Å²) >= 11 is 0. The number of carbonyl (C=O) groups excluding carboxylic acids is 1. The second-order valence-electron chi connectivity index (χ2n) is 3.00. The van der Waals surface area contributed by atoms with Crippen LogP contribution < -0.4 is 0 Å². The highest BCUT2D eigenvalue weighted by Gasteiger charge is 2.27. The van der Waals surface area contributed by atoms with Crippen LogP contribution in [0.4, 0.5) is 5.69 Å². The molecule has 0 fully saturated rings. The maximum atomic E-state index is 11.3. The van der Waals surface area contributed by atoms with Crippen molar-refractivity contribution in [2.75, 3.05) is 7.11 Å². The van der Waals surface area contributed by atoms with Gasteiger partial charge in [0.1, 0.15) is 5.65 Å². The van der Waals surface area contributed by atoms with Gasteiger partial charge in [0.05, 0.1) is 17.4 Å². The summed E-state index contributed by atoms with van der Waals surface area (Å²) in [4.78, 5) is 28.0. The quantitative estimate of drug-likeness (QED) is 0.467. The van der Waals surface area contributed by atoms with E-state index in [1.54, 1.807) is 6.07 Å². The topological polar surface area (TPSA) is 98.1 Å². The van der Waals surface area contributed by atoms with Gasteiger partial charge in [-0.05, 0) is 12.1 Å². The molecule has 2 aromatic rings. The molecule has 0 aliphatic rings. The van der Waals surface area contributed by atoms with E-state index >= 15 is 0 Å². The van der Waals surface area contributed by atoms with Crippen molar-refractivity contribution < 1.29 is 14.5 Å². The zero-order valence-corrected chi connectivity index (χ0v) is 8.26. The van der Waals surface area contributed by atoms with E-state index in [1.807, 2.05) is 0 Å². The zero-order valence-electron chi connectivity index (χ0n) is 8.26. The predicted molar refractivity (Wildman–Crippen MR) is 54.1 cm³/mol. The molecular weight excluding hydrogens is 214 g/mol. The second kappa shape index (κ2) is 3.61. The number of aromatic nitrogens is 2. The summed E-state index contributed by atoms with van der Waals surface area (Å²) in [6.07, 6.45) is 1.48. The van der Waals surface area contributed by atoms with Gasteiger partial charge in [0.15, 0.2) is 0 Å². The minimum Gasteiger partial charge on any atom is -0.464 e. The van der Waals surface area contributed by atoms with Crippen LogP contribution in [0.25, 0.3) is 11.0 Å². The highest BCUT2D eigenvalue weighted by molar-refractivity contribution is 6.02. The molecule has 0 aromatic carbocycles. The van der Waals surface area contributed by atoms with Gasteiger partial charge in [0, 0.05) is 6.20 Å². The van der Waals surface area contributed by atoms with E-state index in [2.05, 4.69) is 14.7 Å². The molecule has 1 N–H and O–H groups in total. The highest BCUT2D eigenvalue weighted by atomic mass is 16.6. The van der Waals surface area contributed by atoms with Crippen LogP contribution >= 0.6 is 0 Å². The molecule has 0 bridgehead atoms. The molecule has 0 aliphatic heterocycles. The number of pyridine rings is 1. The van der Waals surface area contributed by atoms with Crippen molar-refractivity contribution in [1.82, 2.24) is 9.97 Å². The third kappa shape index (κ3) is 1.38. The Hall–Kier alpha value is -2.44. The number of nitro groups is 1. The van der Waals surface area contributed by atoms with Gasteiger partial charge >= 0.3 is 11.7 Å². The number of rotatable bonds is 2. The first kappa shape index (κ1) is 10.1. The number of H-pyrrole nitrogens is 1.